The number of benzene rings is 1. The van der Waals surface area contributed by atoms with E-state index in [1.165, 1.54) is 4.88 Å². The first kappa shape index (κ1) is 12.5. The van der Waals surface area contributed by atoms with Crippen LogP contribution in [0.15, 0.2) is 41.8 Å². The van der Waals surface area contributed by atoms with E-state index >= 15 is 0 Å². The average Bonchev–Trinajstić information content (AvgIpc) is 2.81. The molecule has 0 spiro atoms. The van der Waals surface area contributed by atoms with Gasteiger partial charge in [-0.25, -0.2) is 0 Å². The smallest absolute Gasteiger partial charge is 0.0637 e. The third kappa shape index (κ3) is 3.02. The molecule has 0 saturated carbocycles. The second kappa shape index (κ2) is 5.56. The number of halogens is 1. The van der Waals surface area contributed by atoms with E-state index in [4.69, 9.17) is 11.6 Å². The molecule has 1 unspecified atom stereocenters. The highest BCUT2D eigenvalue weighted by Crippen LogP contribution is 2.32. The molecule has 0 aliphatic heterocycles. The van der Waals surface area contributed by atoms with Gasteiger partial charge in [-0.15, -0.1) is 11.3 Å². The largest absolute Gasteiger partial charge is 0.376 e. The average molecular weight is 266 g/mol. The summed E-state index contributed by atoms with van der Waals surface area (Å²) in [5.41, 5.74) is 1.00. The van der Waals surface area contributed by atoms with Crippen LogP contribution in [0.2, 0.25) is 5.02 Å². The van der Waals surface area contributed by atoms with Gasteiger partial charge < -0.3 is 5.32 Å². The van der Waals surface area contributed by atoms with Crippen molar-refractivity contribution in [2.75, 3.05) is 5.32 Å². The van der Waals surface area contributed by atoms with Crippen LogP contribution in [0.1, 0.15) is 24.8 Å². The van der Waals surface area contributed by atoms with Crippen molar-refractivity contribution in [3.63, 3.8) is 0 Å². The number of nitrogens with one attached hydrogen (secondary N) is 1. The van der Waals surface area contributed by atoms with Crippen molar-refractivity contribution in [1.82, 2.24) is 0 Å². The highest BCUT2D eigenvalue weighted by Gasteiger charge is 2.17. The number of para-hydroxylation sites is 1. The molecule has 0 radical (unpaired) electrons. The minimum Gasteiger partial charge on any atom is -0.376 e. The summed E-state index contributed by atoms with van der Waals surface area (Å²) in [4.78, 5) is 1.35. The monoisotopic (exact) mass is 265 g/mol. The Kier molecular flexibility index (Phi) is 4.08. The summed E-state index contributed by atoms with van der Waals surface area (Å²) in [6.07, 6.45) is 0. The molecule has 2 aromatic rings. The van der Waals surface area contributed by atoms with Gasteiger partial charge in [-0.1, -0.05) is 43.6 Å². The Bertz CT molecular complexity index is 465. The van der Waals surface area contributed by atoms with Gasteiger partial charge in [-0.3, -0.25) is 0 Å². The molecule has 3 heteroatoms. The lowest BCUT2D eigenvalue weighted by Crippen LogP contribution is -2.15. The van der Waals surface area contributed by atoms with Crippen molar-refractivity contribution < 1.29 is 0 Å². The van der Waals surface area contributed by atoms with Crippen LogP contribution in [-0.4, -0.2) is 0 Å². The number of rotatable bonds is 4. The molecule has 0 aliphatic carbocycles. The van der Waals surface area contributed by atoms with Gasteiger partial charge in [-0.05, 0) is 29.5 Å². The first-order chi connectivity index (χ1) is 8.18. The standard InChI is InChI=1S/C14H16ClNS/c1-10(2)14(13-8-5-9-17-13)16-12-7-4-3-6-11(12)15/h3-10,14,16H,1-2H3. The van der Waals surface area contributed by atoms with Crippen molar-refractivity contribution in [2.45, 2.75) is 19.9 Å². The fraction of sp³-hybridized carbons (Fsp3) is 0.286. The normalized spacial score (nSPS) is 12.7. The summed E-state index contributed by atoms with van der Waals surface area (Å²) in [6.45, 7) is 4.43. The molecule has 2 rings (SSSR count). The Labute approximate surface area is 111 Å². The van der Waals surface area contributed by atoms with Crippen LogP contribution in [0.3, 0.4) is 0 Å². The Morgan fingerprint density at radius 1 is 1.12 bits per heavy atom. The lowest BCUT2D eigenvalue weighted by atomic mass is 10.0. The molecule has 90 valence electrons. The zero-order valence-corrected chi connectivity index (χ0v) is 11.6. The highest BCUT2D eigenvalue weighted by molar-refractivity contribution is 7.10. The molecule has 1 heterocycles. The van der Waals surface area contributed by atoms with E-state index in [-0.39, 0.29) is 0 Å². The fourth-order valence-electron chi connectivity index (χ4n) is 1.78. The molecule has 0 amide bonds. The summed E-state index contributed by atoms with van der Waals surface area (Å²) >= 11 is 7.95. The topological polar surface area (TPSA) is 12.0 Å². The van der Waals surface area contributed by atoms with Gasteiger partial charge in [0.15, 0.2) is 0 Å². The van der Waals surface area contributed by atoms with Crippen LogP contribution in [0, 0.1) is 5.92 Å². The Morgan fingerprint density at radius 3 is 2.47 bits per heavy atom. The molecule has 0 saturated heterocycles. The van der Waals surface area contributed by atoms with Crippen LogP contribution in [0.4, 0.5) is 5.69 Å². The van der Waals surface area contributed by atoms with Crippen LogP contribution in [0.25, 0.3) is 0 Å². The molecule has 1 aromatic carbocycles. The SMILES string of the molecule is CC(C)C(Nc1ccccc1Cl)c1cccs1. The predicted molar refractivity (Wildman–Crippen MR) is 77.0 cm³/mol. The minimum absolute atomic E-state index is 0.315. The van der Waals surface area contributed by atoms with Gasteiger partial charge >= 0.3 is 0 Å². The maximum atomic E-state index is 6.18. The minimum atomic E-state index is 0.315. The van der Waals surface area contributed by atoms with Gasteiger partial charge in [0.1, 0.15) is 0 Å². The maximum absolute atomic E-state index is 6.18. The molecule has 1 N–H and O–H groups in total. The van der Waals surface area contributed by atoms with E-state index in [9.17, 15) is 0 Å². The van der Waals surface area contributed by atoms with Crippen molar-refractivity contribution in [3.05, 3.63) is 51.7 Å². The van der Waals surface area contributed by atoms with Gasteiger partial charge in [0, 0.05) is 4.88 Å². The fourth-order valence-corrected chi connectivity index (χ4v) is 2.92. The molecule has 0 fully saturated rings. The number of hydrogen-bond acceptors (Lipinski definition) is 2. The molecular weight excluding hydrogens is 250 g/mol. The van der Waals surface area contributed by atoms with Gasteiger partial charge in [0.05, 0.1) is 16.8 Å². The summed E-state index contributed by atoms with van der Waals surface area (Å²) in [5, 5.41) is 6.41. The summed E-state index contributed by atoms with van der Waals surface area (Å²) in [7, 11) is 0. The first-order valence-corrected chi connectivity index (χ1v) is 6.98. The van der Waals surface area contributed by atoms with Crippen molar-refractivity contribution in [2.24, 2.45) is 5.92 Å². The molecule has 0 bridgehead atoms. The number of thiophene rings is 1. The van der Waals surface area contributed by atoms with E-state index in [0.29, 0.717) is 12.0 Å². The molecule has 1 atom stereocenters. The lowest BCUT2D eigenvalue weighted by Gasteiger charge is -2.23. The summed E-state index contributed by atoms with van der Waals surface area (Å²) in [6, 6.07) is 12.4. The quantitative estimate of drug-likeness (QED) is 0.800. The predicted octanol–water partition coefficient (Wildman–Crippen LogP) is 5.21. The first-order valence-electron chi connectivity index (χ1n) is 5.73. The molecule has 1 aromatic heterocycles. The van der Waals surface area contributed by atoms with Crippen molar-refractivity contribution >= 4 is 28.6 Å². The van der Waals surface area contributed by atoms with E-state index in [2.05, 4.69) is 36.7 Å². The Balaban J connectivity index is 2.23. The van der Waals surface area contributed by atoms with E-state index < -0.39 is 0 Å². The highest BCUT2D eigenvalue weighted by atomic mass is 35.5. The van der Waals surface area contributed by atoms with Crippen LogP contribution < -0.4 is 5.32 Å². The zero-order valence-electron chi connectivity index (χ0n) is 9.98. The Hall–Kier alpha value is -0.990. The van der Waals surface area contributed by atoms with Gasteiger partial charge in [0.25, 0.3) is 0 Å². The molecule has 17 heavy (non-hydrogen) atoms. The Morgan fingerprint density at radius 2 is 1.88 bits per heavy atom. The third-order valence-electron chi connectivity index (χ3n) is 2.70. The molecule has 1 nitrogen and oxygen atoms in total. The molecular formula is C14H16ClNS. The van der Waals surface area contributed by atoms with Crippen molar-refractivity contribution in [1.29, 1.82) is 0 Å². The van der Waals surface area contributed by atoms with E-state index in [1.54, 1.807) is 11.3 Å². The van der Waals surface area contributed by atoms with Gasteiger partial charge in [0.2, 0.25) is 0 Å². The van der Waals surface area contributed by atoms with Crippen molar-refractivity contribution in [3.8, 4) is 0 Å². The maximum Gasteiger partial charge on any atom is 0.0637 e. The number of hydrogen-bond donors (Lipinski definition) is 1. The second-order valence-electron chi connectivity index (χ2n) is 4.36. The number of anilines is 1. The summed E-state index contributed by atoms with van der Waals surface area (Å²) < 4.78 is 0. The summed E-state index contributed by atoms with van der Waals surface area (Å²) in [5.74, 6) is 0.518. The van der Waals surface area contributed by atoms with Gasteiger partial charge in [-0.2, -0.15) is 0 Å². The molecule has 0 aliphatic rings. The van der Waals surface area contributed by atoms with Crippen LogP contribution in [0.5, 0.6) is 0 Å². The van der Waals surface area contributed by atoms with Crippen LogP contribution in [-0.2, 0) is 0 Å². The lowest BCUT2D eigenvalue weighted by molar-refractivity contribution is 0.554. The van der Waals surface area contributed by atoms with Crippen LogP contribution >= 0.6 is 22.9 Å². The zero-order chi connectivity index (χ0) is 12.3. The van der Waals surface area contributed by atoms with E-state index in [1.807, 2.05) is 24.3 Å². The third-order valence-corrected chi connectivity index (χ3v) is 3.99. The van der Waals surface area contributed by atoms with E-state index in [0.717, 1.165) is 10.7 Å². The second-order valence-corrected chi connectivity index (χ2v) is 5.75.